The molecule has 2 N–H and O–H groups in total. The van der Waals surface area contributed by atoms with Gasteiger partial charge in [-0.15, -0.1) is 11.8 Å². The molecule has 11 heteroatoms. The van der Waals surface area contributed by atoms with E-state index in [4.69, 9.17) is 9.47 Å². The zero-order chi connectivity index (χ0) is 25.7. The van der Waals surface area contributed by atoms with Gasteiger partial charge < -0.3 is 20.1 Å². The highest BCUT2D eigenvalue weighted by Gasteiger charge is 2.23. The highest BCUT2D eigenvalue weighted by Crippen LogP contribution is 2.30. The second-order valence-corrected chi connectivity index (χ2v) is 8.55. The summed E-state index contributed by atoms with van der Waals surface area (Å²) in [4.78, 5) is 25.5. The topological polar surface area (TPSA) is 76.7 Å². The molecule has 0 radical (unpaired) electrons. The summed E-state index contributed by atoms with van der Waals surface area (Å²) < 4.78 is 64.6. The Balaban J connectivity index is 1.63. The normalized spacial score (nSPS) is 11.5. The number of thioether (sulfide) groups is 1. The van der Waals surface area contributed by atoms with Crippen LogP contribution in [0.4, 0.5) is 28.9 Å². The van der Waals surface area contributed by atoms with Gasteiger partial charge in [-0.25, -0.2) is 17.6 Å². The van der Waals surface area contributed by atoms with Crippen LogP contribution >= 0.6 is 11.8 Å². The van der Waals surface area contributed by atoms with E-state index in [9.17, 15) is 27.2 Å². The molecule has 0 aliphatic carbocycles. The Morgan fingerprint density at radius 1 is 0.829 bits per heavy atom. The molecule has 0 fully saturated rings. The van der Waals surface area contributed by atoms with Crippen LogP contribution in [-0.4, -0.2) is 31.3 Å². The first kappa shape index (κ1) is 25.9. The number of rotatable bonds is 8. The minimum absolute atomic E-state index is 0.0595. The maximum Gasteiger partial charge on any atom is 0.255 e. The highest BCUT2D eigenvalue weighted by molar-refractivity contribution is 8.00. The van der Waals surface area contributed by atoms with E-state index >= 15 is 0 Å². The van der Waals surface area contributed by atoms with E-state index in [1.165, 1.54) is 27.2 Å². The van der Waals surface area contributed by atoms with Crippen molar-refractivity contribution >= 4 is 35.0 Å². The molecule has 0 aromatic heterocycles. The monoisotopic (exact) mass is 508 g/mol. The number of benzene rings is 3. The summed E-state index contributed by atoms with van der Waals surface area (Å²) in [6, 6.07) is 11.2. The molecule has 1 unspecified atom stereocenters. The number of carbonyl (C=O) groups excluding carboxylic acids is 2. The van der Waals surface area contributed by atoms with Crippen LogP contribution in [0.1, 0.15) is 17.3 Å². The van der Waals surface area contributed by atoms with Crippen molar-refractivity contribution in [3.05, 3.63) is 77.4 Å². The molecule has 0 aliphatic heterocycles. The van der Waals surface area contributed by atoms with E-state index in [0.717, 1.165) is 11.8 Å². The molecule has 184 valence electrons. The summed E-state index contributed by atoms with van der Waals surface area (Å²) in [6.45, 7) is 1.46. The summed E-state index contributed by atoms with van der Waals surface area (Å²) in [5.74, 6) is -6.98. The first-order valence-corrected chi connectivity index (χ1v) is 11.0. The van der Waals surface area contributed by atoms with Gasteiger partial charge in [-0.1, -0.05) is 0 Å². The summed E-state index contributed by atoms with van der Waals surface area (Å²) in [5.41, 5.74) is -0.363. The van der Waals surface area contributed by atoms with Gasteiger partial charge in [0.05, 0.1) is 19.5 Å². The SMILES string of the molecule is COc1ccc(C(=O)Nc2ccc(SC(C)C(=O)Nc3c(F)c(F)cc(F)c3F)cc2)cc1OC. The molecule has 6 nitrogen and oxygen atoms in total. The van der Waals surface area contributed by atoms with Crippen molar-refractivity contribution in [2.75, 3.05) is 24.9 Å². The van der Waals surface area contributed by atoms with Crippen LogP contribution in [0.25, 0.3) is 0 Å². The maximum absolute atomic E-state index is 13.8. The molecule has 1 atom stereocenters. The van der Waals surface area contributed by atoms with Gasteiger partial charge >= 0.3 is 0 Å². The van der Waals surface area contributed by atoms with Gasteiger partial charge in [0, 0.05) is 22.2 Å². The van der Waals surface area contributed by atoms with Crippen LogP contribution < -0.4 is 20.1 Å². The molecule has 3 aromatic carbocycles. The summed E-state index contributed by atoms with van der Waals surface area (Å²) in [7, 11) is 2.94. The minimum Gasteiger partial charge on any atom is -0.493 e. The smallest absolute Gasteiger partial charge is 0.255 e. The molecule has 0 heterocycles. The van der Waals surface area contributed by atoms with Crippen molar-refractivity contribution in [1.82, 2.24) is 0 Å². The fraction of sp³-hybridized carbons (Fsp3) is 0.167. The molecule has 0 aliphatic rings. The van der Waals surface area contributed by atoms with Crippen LogP contribution in [0.3, 0.4) is 0 Å². The van der Waals surface area contributed by atoms with Crippen molar-refractivity contribution in [1.29, 1.82) is 0 Å². The fourth-order valence-electron chi connectivity index (χ4n) is 2.96. The second kappa shape index (κ2) is 11.1. The molecular weight excluding hydrogens is 488 g/mol. The van der Waals surface area contributed by atoms with Gasteiger partial charge in [-0.05, 0) is 49.4 Å². The fourth-order valence-corrected chi connectivity index (χ4v) is 3.83. The van der Waals surface area contributed by atoms with Crippen LogP contribution in [0.2, 0.25) is 0 Å². The van der Waals surface area contributed by atoms with Gasteiger partial charge in [0.25, 0.3) is 5.91 Å². The van der Waals surface area contributed by atoms with E-state index in [-0.39, 0.29) is 12.0 Å². The van der Waals surface area contributed by atoms with Crippen LogP contribution in [-0.2, 0) is 4.79 Å². The van der Waals surface area contributed by atoms with Gasteiger partial charge in [-0.2, -0.15) is 0 Å². The molecule has 3 aromatic rings. The third-order valence-electron chi connectivity index (χ3n) is 4.80. The Morgan fingerprint density at radius 2 is 1.43 bits per heavy atom. The quantitative estimate of drug-likeness (QED) is 0.234. The standard InChI is InChI=1S/C24H20F4N2O4S/c1-12(23(31)30-22-20(27)16(25)11-17(26)21(22)28)35-15-7-5-14(6-8-15)29-24(32)13-4-9-18(33-2)19(10-13)34-3/h4-12H,1-3H3,(H,29,32)(H,30,31). The van der Waals surface area contributed by atoms with Gasteiger partial charge in [0.1, 0.15) is 5.69 Å². The van der Waals surface area contributed by atoms with E-state index in [0.29, 0.717) is 27.6 Å². The Morgan fingerprint density at radius 3 is 2.00 bits per heavy atom. The number of hydrogen-bond donors (Lipinski definition) is 2. The third-order valence-corrected chi connectivity index (χ3v) is 5.91. The first-order chi connectivity index (χ1) is 16.6. The number of amides is 2. The molecule has 0 saturated heterocycles. The number of halogens is 4. The molecule has 0 bridgehead atoms. The average Bonchev–Trinajstić information content (AvgIpc) is 2.85. The van der Waals surface area contributed by atoms with E-state index < -0.39 is 40.1 Å². The third kappa shape index (κ3) is 6.04. The van der Waals surface area contributed by atoms with E-state index in [1.807, 2.05) is 5.32 Å². The zero-order valence-corrected chi connectivity index (χ0v) is 19.6. The second-order valence-electron chi connectivity index (χ2n) is 7.14. The summed E-state index contributed by atoms with van der Waals surface area (Å²) in [5, 5.41) is 3.75. The Hall–Kier alpha value is -3.73. The Bertz CT molecular complexity index is 1230. The summed E-state index contributed by atoms with van der Waals surface area (Å²) in [6.07, 6.45) is 0. The zero-order valence-electron chi connectivity index (χ0n) is 18.7. The summed E-state index contributed by atoms with van der Waals surface area (Å²) >= 11 is 1.04. The lowest BCUT2D eigenvalue weighted by molar-refractivity contribution is -0.115. The van der Waals surface area contributed by atoms with Crippen molar-refractivity contribution in [2.24, 2.45) is 0 Å². The maximum atomic E-state index is 13.8. The van der Waals surface area contributed by atoms with Gasteiger partial charge in [-0.3, -0.25) is 9.59 Å². The van der Waals surface area contributed by atoms with E-state index in [2.05, 4.69) is 5.32 Å². The number of ether oxygens (including phenoxy) is 2. The van der Waals surface area contributed by atoms with Crippen molar-refractivity contribution < 1.29 is 36.6 Å². The Kier molecular flexibility index (Phi) is 8.23. The van der Waals surface area contributed by atoms with Crippen LogP contribution in [0, 0.1) is 23.3 Å². The van der Waals surface area contributed by atoms with Crippen LogP contribution in [0.15, 0.2) is 53.4 Å². The largest absolute Gasteiger partial charge is 0.493 e. The lowest BCUT2D eigenvalue weighted by Crippen LogP contribution is -2.24. The van der Waals surface area contributed by atoms with Crippen molar-refractivity contribution in [3.8, 4) is 11.5 Å². The molecule has 0 spiro atoms. The minimum atomic E-state index is -1.69. The Labute approximate surface area is 202 Å². The van der Waals surface area contributed by atoms with Crippen molar-refractivity contribution in [2.45, 2.75) is 17.1 Å². The molecule has 2 amide bonds. The predicted molar refractivity (Wildman–Crippen MR) is 124 cm³/mol. The van der Waals surface area contributed by atoms with Gasteiger partial charge in [0.15, 0.2) is 34.8 Å². The lowest BCUT2D eigenvalue weighted by Gasteiger charge is -2.14. The highest BCUT2D eigenvalue weighted by atomic mass is 32.2. The number of methoxy groups -OCH3 is 2. The number of nitrogens with one attached hydrogen (secondary N) is 2. The van der Waals surface area contributed by atoms with Crippen molar-refractivity contribution in [3.63, 3.8) is 0 Å². The number of anilines is 2. The predicted octanol–water partition coefficient (Wildman–Crippen LogP) is 5.63. The molecule has 35 heavy (non-hydrogen) atoms. The average molecular weight is 508 g/mol. The lowest BCUT2D eigenvalue weighted by atomic mass is 10.2. The first-order valence-electron chi connectivity index (χ1n) is 10.1. The molecule has 0 saturated carbocycles. The van der Waals surface area contributed by atoms with Crippen LogP contribution in [0.5, 0.6) is 11.5 Å². The van der Waals surface area contributed by atoms with Gasteiger partial charge in [0.2, 0.25) is 5.91 Å². The number of carbonyl (C=O) groups is 2. The molecular formula is C24H20F4N2O4S. The van der Waals surface area contributed by atoms with E-state index in [1.54, 1.807) is 36.4 Å². The number of hydrogen-bond acceptors (Lipinski definition) is 5. The molecule has 3 rings (SSSR count).